The molecule has 27 heavy (non-hydrogen) atoms. The average Bonchev–Trinajstić information content (AvgIpc) is 2.66. The van der Waals surface area contributed by atoms with Crippen LogP contribution in [0.15, 0.2) is 42.5 Å². The molecule has 0 heterocycles. The van der Waals surface area contributed by atoms with Crippen molar-refractivity contribution < 1.29 is 19.4 Å². The topological polar surface area (TPSA) is 59.0 Å². The molecule has 0 radical (unpaired) electrons. The number of carbonyl (C=O) groups excluding carboxylic acids is 1. The molecular formula is C21H26ClNO4. The van der Waals surface area contributed by atoms with E-state index in [4.69, 9.17) is 21.1 Å². The van der Waals surface area contributed by atoms with E-state index in [-0.39, 0.29) is 19.1 Å². The largest absolute Gasteiger partial charge is 0.493 e. The number of carbonyl (C=O) groups is 1. The second-order valence-corrected chi connectivity index (χ2v) is 7.04. The van der Waals surface area contributed by atoms with Gasteiger partial charge in [-0.3, -0.25) is 4.79 Å². The van der Waals surface area contributed by atoms with Gasteiger partial charge in [-0.2, -0.15) is 0 Å². The molecule has 1 N–H and O–H groups in total. The van der Waals surface area contributed by atoms with Gasteiger partial charge in [0.25, 0.3) is 5.91 Å². The van der Waals surface area contributed by atoms with Gasteiger partial charge in [0.15, 0.2) is 11.5 Å². The van der Waals surface area contributed by atoms with E-state index in [1.165, 1.54) is 7.11 Å². The first kappa shape index (κ1) is 21.1. The lowest BCUT2D eigenvalue weighted by Crippen LogP contribution is -2.33. The van der Waals surface area contributed by atoms with E-state index in [9.17, 15) is 9.90 Å². The van der Waals surface area contributed by atoms with Crippen LogP contribution in [0.2, 0.25) is 5.02 Å². The number of nitrogens with zero attached hydrogens (tertiary/aromatic N) is 1. The summed E-state index contributed by atoms with van der Waals surface area (Å²) in [5, 5.41) is 9.69. The summed E-state index contributed by atoms with van der Waals surface area (Å²) in [7, 11) is 1.51. The maximum absolute atomic E-state index is 13.0. The first-order chi connectivity index (χ1) is 13.0. The predicted molar refractivity (Wildman–Crippen MR) is 107 cm³/mol. The third-order valence-corrected chi connectivity index (χ3v) is 4.19. The molecule has 5 nitrogen and oxygen atoms in total. The predicted octanol–water partition coefficient (Wildman–Crippen LogP) is 4.02. The Morgan fingerprint density at radius 2 is 1.93 bits per heavy atom. The number of rotatable bonds is 9. The Labute approximate surface area is 165 Å². The molecule has 0 bridgehead atoms. The van der Waals surface area contributed by atoms with Crippen LogP contribution in [0.1, 0.15) is 29.8 Å². The summed E-state index contributed by atoms with van der Waals surface area (Å²) in [6, 6.07) is 12.8. The van der Waals surface area contributed by atoms with Crippen molar-refractivity contribution in [3.63, 3.8) is 0 Å². The van der Waals surface area contributed by atoms with Crippen LogP contribution < -0.4 is 9.47 Å². The molecule has 0 aliphatic carbocycles. The van der Waals surface area contributed by atoms with Crippen molar-refractivity contribution in [2.45, 2.75) is 20.4 Å². The molecule has 0 aliphatic heterocycles. The van der Waals surface area contributed by atoms with Crippen LogP contribution in [-0.4, -0.2) is 42.8 Å². The summed E-state index contributed by atoms with van der Waals surface area (Å²) in [5.41, 5.74) is 1.37. The minimum absolute atomic E-state index is 0.126. The fourth-order valence-corrected chi connectivity index (χ4v) is 2.86. The molecule has 6 heteroatoms. The van der Waals surface area contributed by atoms with Gasteiger partial charge in [-0.15, -0.1) is 0 Å². The van der Waals surface area contributed by atoms with E-state index in [2.05, 4.69) is 0 Å². The van der Waals surface area contributed by atoms with Crippen molar-refractivity contribution in [3.8, 4) is 11.5 Å². The molecule has 2 rings (SSSR count). The minimum Gasteiger partial charge on any atom is -0.493 e. The average molecular weight is 392 g/mol. The van der Waals surface area contributed by atoms with Crippen molar-refractivity contribution in [3.05, 3.63) is 58.6 Å². The highest BCUT2D eigenvalue weighted by Crippen LogP contribution is 2.37. The van der Waals surface area contributed by atoms with E-state index in [0.29, 0.717) is 41.2 Å². The highest BCUT2D eigenvalue weighted by Gasteiger charge is 2.20. The van der Waals surface area contributed by atoms with Crippen LogP contribution in [0.5, 0.6) is 11.5 Å². The minimum atomic E-state index is -0.233. The molecule has 1 amide bonds. The summed E-state index contributed by atoms with van der Waals surface area (Å²) in [6.07, 6.45) is 0. The van der Waals surface area contributed by atoms with Crippen molar-refractivity contribution in [1.29, 1.82) is 0 Å². The van der Waals surface area contributed by atoms with E-state index in [0.717, 1.165) is 5.56 Å². The zero-order valence-corrected chi connectivity index (χ0v) is 16.7. The lowest BCUT2D eigenvalue weighted by Gasteiger charge is -2.23. The molecule has 0 saturated heterocycles. The molecule has 0 fully saturated rings. The number of aliphatic hydroxyl groups excluding tert-OH is 1. The van der Waals surface area contributed by atoms with Crippen LogP contribution in [0, 0.1) is 5.92 Å². The summed E-state index contributed by atoms with van der Waals surface area (Å²) >= 11 is 6.36. The molecular weight excluding hydrogens is 366 g/mol. The summed E-state index contributed by atoms with van der Waals surface area (Å²) in [6.45, 7) is 5.06. The lowest BCUT2D eigenvalue weighted by atomic mass is 10.1. The molecule has 2 aromatic carbocycles. The highest BCUT2D eigenvalue weighted by atomic mass is 35.5. The summed E-state index contributed by atoms with van der Waals surface area (Å²) in [5.74, 6) is 0.942. The Morgan fingerprint density at radius 3 is 2.52 bits per heavy atom. The monoisotopic (exact) mass is 391 g/mol. The Bertz CT molecular complexity index is 749. The zero-order valence-electron chi connectivity index (χ0n) is 15.9. The smallest absolute Gasteiger partial charge is 0.254 e. The van der Waals surface area contributed by atoms with E-state index < -0.39 is 0 Å². The second kappa shape index (κ2) is 10.2. The summed E-state index contributed by atoms with van der Waals surface area (Å²) in [4.78, 5) is 14.6. The molecule has 146 valence electrons. The van der Waals surface area contributed by atoms with Crippen LogP contribution >= 0.6 is 11.6 Å². The molecule has 0 saturated carbocycles. The number of hydrogen-bond donors (Lipinski definition) is 1. The quantitative estimate of drug-likeness (QED) is 0.701. The van der Waals surface area contributed by atoms with Gasteiger partial charge in [-0.25, -0.2) is 0 Å². The van der Waals surface area contributed by atoms with Gasteiger partial charge in [0, 0.05) is 18.7 Å². The van der Waals surface area contributed by atoms with Gasteiger partial charge in [0.2, 0.25) is 0 Å². The highest BCUT2D eigenvalue weighted by molar-refractivity contribution is 6.32. The lowest BCUT2D eigenvalue weighted by molar-refractivity contribution is 0.0707. The van der Waals surface area contributed by atoms with E-state index in [1.807, 2.05) is 44.2 Å². The third kappa shape index (κ3) is 5.88. The van der Waals surface area contributed by atoms with Gasteiger partial charge < -0.3 is 19.5 Å². The Hall–Kier alpha value is -2.24. The Morgan fingerprint density at radius 1 is 1.22 bits per heavy atom. The van der Waals surface area contributed by atoms with Gasteiger partial charge in [-0.1, -0.05) is 55.8 Å². The number of ether oxygens (including phenoxy) is 2. The van der Waals surface area contributed by atoms with Crippen LogP contribution in [0.4, 0.5) is 0 Å². The Kier molecular flexibility index (Phi) is 7.95. The SMILES string of the molecule is COc1cc(C(=O)N(CCO)Cc2ccccc2)cc(Cl)c1OCC(C)C. The molecule has 0 atom stereocenters. The summed E-state index contributed by atoms with van der Waals surface area (Å²) < 4.78 is 11.1. The van der Waals surface area contributed by atoms with Crippen molar-refractivity contribution in [2.24, 2.45) is 5.92 Å². The fourth-order valence-electron chi connectivity index (χ4n) is 2.59. The first-order valence-corrected chi connectivity index (χ1v) is 9.28. The molecule has 0 unspecified atom stereocenters. The third-order valence-electron chi connectivity index (χ3n) is 3.91. The Balaban J connectivity index is 2.28. The van der Waals surface area contributed by atoms with Crippen molar-refractivity contribution in [2.75, 3.05) is 26.9 Å². The van der Waals surface area contributed by atoms with Gasteiger partial charge >= 0.3 is 0 Å². The number of hydrogen-bond acceptors (Lipinski definition) is 4. The van der Waals surface area contributed by atoms with Crippen molar-refractivity contribution in [1.82, 2.24) is 4.90 Å². The van der Waals surface area contributed by atoms with E-state index >= 15 is 0 Å². The number of methoxy groups -OCH3 is 1. The molecule has 0 aromatic heterocycles. The van der Waals surface area contributed by atoms with Gasteiger partial charge in [0.1, 0.15) is 0 Å². The maximum atomic E-state index is 13.0. The van der Waals surface area contributed by atoms with E-state index in [1.54, 1.807) is 17.0 Å². The maximum Gasteiger partial charge on any atom is 0.254 e. The van der Waals surface area contributed by atoms with Gasteiger partial charge in [-0.05, 0) is 23.6 Å². The van der Waals surface area contributed by atoms with Gasteiger partial charge in [0.05, 0.1) is 25.3 Å². The number of aliphatic hydroxyl groups is 1. The first-order valence-electron chi connectivity index (χ1n) is 8.90. The number of halogens is 1. The second-order valence-electron chi connectivity index (χ2n) is 6.63. The molecule has 0 spiro atoms. The van der Waals surface area contributed by atoms with Crippen molar-refractivity contribution >= 4 is 17.5 Å². The van der Waals surface area contributed by atoms with Crippen LogP contribution in [0.3, 0.4) is 0 Å². The molecule has 2 aromatic rings. The molecule has 0 aliphatic rings. The zero-order chi connectivity index (χ0) is 19.8. The van der Waals surface area contributed by atoms with Crippen LogP contribution in [-0.2, 0) is 6.54 Å². The number of amides is 1. The van der Waals surface area contributed by atoms with Crippen LogP contribution in [0.25, 0.3) is 0 Å². The normalized spacial score (nSPS) is 10.7. The fraction of sp³-hybridized carbons (Fsp3) is 0.381. The standard InChI is InChI=1S/C21H26ClNO4/c1-15(2)14-27-20-18(22)11-17(12-19(20)26-3)21(25)23(9-10-24)13-16-7-5-4-6-8-16/h4-8,11-12,15,24H,9-10,13-14H2,1-3H3. The number of benzene rings is 2.